The summed E-state index contributed by atoms with van der Waals surface area (Å²) < 4.78 is 7.45. The van der Waals surface area contributed by atoms with E-state index >= 15 is 0 Å². The summed E-state index contributed by atoms with van der Waals surface area (Å²) in [6.45, 7) is 2.68. The molecule has 3 aliphatic rings. The summed E-state index contributed by atoms with van der Waals surface area (Å²) in [6.07, 6.45) is 5.57. The molecular weight excluding hydrogens is 418 g/mol. The quantitative estimate of drug-likeness (QED) is 0.576. The van der Waals surface area contributed by atoms with Gasteiger partial charge in [-0.15, -0.1) is 0 Å². The molecule has 1 aliphatic heterocycles. The molecule has 2 unspecified atom stereocenters. The highest BCUT2D eigenvalue weighted by Crippen LogP contribution is 2.46. The molecule has 2 N–H and O–H groups in total. The van der Waals surface area contributed by atoms with Gasteiger partial charge in [0.2, 0.25) is 0 Å². The molecule has 2 fully saturated rings. The van der Waals surface area contributed by atoms with Crippen molar-refractivity contribution in [2.75, 3.05) is 25.1 Å². The number of H-pyrrole nitrogens is 1. The van der Waals surface area contributed by atoms with E-state index < -0.39 is 0 Å². The molecule has 0 aromatic carbocycles. The zero-order valence-corrected chi connectivity index (χ0v) is 19.0. The lowest BCUT2D eigenvalue weighted by atomic mass is 10.1. The number of ether oxygens (including phenoxy) is 1. The summed E-state index contributed by atoms with van der Waals surface area (Å²) in [4.78, 5) is 24.6. The normalized spacial score (nSPS) is 23.0. The Labute approximate surface area is 192 Å². The molecule has 2 aliphatic carbocycles. The van der Waals surface area contributed by atoms with Gasteiger partial charge in [-0.05, 0) is 48.8 Å². The number of carbonyl (C=O) groups is 1. The molecule has 0 bridgehead atoms. The van der Waals surface area contributed by atoms with Crippen molar-refractivity contribution >= 4 is 11.7 Å². The first kappa shape index (κ1) is 20.4. The number of aryl methyl sites for hydroxylation is 1. The number of anilines is 1. The molecule has 1 saturated heterocycles. The highest BCUT2D eigenvalue weighted by molar-refractivity contribution is 5.92. The van der Waals surface area contributed by atoms with Crippen molar-refractivity contribution in [3.05, 3.63) is 58.6 Å². The Kier molecular flexibility index (Phi) is 4.94. The van der Waals surface area contributed by atoms with Crippen LogP contribution in [0, 0.1) is 11.8 Å². The number of carbonyl (C=O) groups excluding carboxylic acids is 1. The van der Waals surface area contributed by atoms with Crippen molar-refractivity contribution in [3.63, 3.8) is 0 Å². The number of imidazole rings is 1. The number of fused-ring (bicyclic) bond motifs is 2. The summed E-state index contributed by atoms with van der Waals surface area (Å²) in [6, 6.07) is 5.99. The van der Waals surface area contributed by atoms with Gasteiger partial charge in [-0.25, -0.2) is 9.97 Å². The Hall–Kier alpha value is -3.20. The summed E-state index contributed by atoms with van der Waals surface area (Å²) >= 11 is 0. The molecule has 1 amide bonds. The molecular formula is C24H29N7O2. The van der Waals surface area contributed by atoms with E-state index in [4.69, 9.17) is 9.72 Å². The van der Waals surface area contributed by atoms with Crippen molar-refractivity contribution in [1.29, 1.82) is 0 Å². The van der Waals surface area contributed by atoms with Crippen LogP contribution in [-0.2, 0) is 31.2 Å². The van der Waals surface area contributed by atoms with Gasteiger partial charge < -0.3 is 19.5 Å². The zero-order chi connectivity index (χ0) is 22.5. The predicted molar refractivity (Wildman–Crippen MR) is 122 cm³/mol. The van der Waals surface area contributed by atoms with Gasteiger partial charge in [0.1, 0.15) is 11.5 Å². The second-order valence-corrected chi connectivity index (χ2v) is 9.57. The average Bonchev–Trinajstić information content (AvgIpc) is 3.28. The van der Waals surface area contributed by atoms with E-state index in [1.807, 2.05) is 17.7 Å². The van der Waals surface area contributed by atoms with Crippen molar-refractivity contribution in [2.45, 2.75) is 38.3 Å². The Morgan fingerprint density at radius 3 is 2.97 bits per heavy atom. The Balaban J connectivity index is 1.14. The van der Waals surface area contributed by atoms with Gasteiger partial charge in [0.15, 0.2) is 0 Å². The third-order valence-electron chi connectivity index (χ3n) is 7.28. The molecule has 9 nitrogen and oxygen atoms in total. The van der Waals surface area contributed by atoms with Crippen LogP contribution in [-0.4, -0.2) is 50.8 Å². The van der Waals surface area contributed by atoms with Gasteiger partial charge in [-0.1, -0.05) is 6.07 Å². The van der Waals surface area contributed by atoms with Crippen LogP contribution < -0.4 is 10.2 Å². The summed E-state index contributed by atoms with van der Waals surface area (Å²) in [7, 11) is 3.68. The van der Waals surface area contributed by atoms with Crippen LogP contribution in [0.1, 0.15) is 57.7 Å². The second kappa shape index (κ2) is 7.98. The molecule has 9 heteroatoms. The fraction of sp³-hybridized carbons (Fsp3) is 0.500. The smallest absolute Gasteiger partial charge is 0.269 e. The maximum Gasteiger partial charge on any atom is 0.269 e. The summed E-state index contributed by atoms with van der Waals surface area (Å²) in [5.74, 6) is 2.60. The number of nitrogens with one attached hydrogen (secondary N) is 2. The van der Waals surface area contributed by atoms with E-state index in [0.29, 0.717) is 18.7 Å². The number of pyridine rings is 1. The lowest BCUT2D eigenvalue weighted by Gasteiger charge is -2.20. The van der Waals surface area contributed by atoms with E-state index in [1.54, 1.807) is 13.4 Å². The molecule has 0 spiro atoms. The summed E-state index contributed by atoms with van der Waals surface area (Å²) in [5, 5.41) is 10.4. The van der Waals surface area contributed by atoms with Gasteiger partial charge >= 0.3 is 0 Å². The standard InChI is InChI=1S/C24H29N7O2/c1-30-13-25-23-18(4-5-21(23)30)27-24(32)19-9-17(28-29-19)8-14-3-6-22(26-20(14)12-33-2)31-10-15-7-16(15)11-31/h3,6,9,13,15-16,18H,4-5,7-8,10-12H2,1-2H3,(H,27,32)(H,28,29)/t15?,16?,18-/m1/s1. The Bertz CT molecular complexity index is 1190. The van der Waals surface area contributed by atoms with Gasteiger partial charge in [0, 0.05) is 39.4 Å². The van der Waals surface area contributed by atoms with Crippen LogP contribution in [0.25, 0.3) is 0 Å². The van der Waals surface area contributed by atoms with Crippen LogP contribution in [0.5, 0.6) is 0 Å². The summed E-state index contributed by atoms with van der Waals surface area (Å²) in [5.41, 5.74) is 5.42. The fourth-order valence-corrected chi connectivity index (χ4v) is 5.33. The molecule has 172 valence electrons. The maximum atomic E-state index is 12.8. The molecule has 0 radical (unpaired) electrons. The number of nitrogens with zero attached hydrogens (tertiary/aromatic N) is 5. The zero-order valence-electron chi connectivity index (χ0n) is 19.0. The highest BCUT2D eigenvalue weighted by Gasteiger charge is 2.45. The molecule has 3 aromatic rings. The SMILES string of the molecule is COCc1nc(N2CC3CC3C2)ccc1Cc1cc(C(=O)N[C@@H]2CCc3c2ncn3C)[nH]n1. The Morgan fingerprint density at radius 2 is 2.15 bits per heavy atom. The minimum absolute atomic E-state index is 0.0536. The maximum absolute atomic E-state index is 12.8. The van der Waals surface area contributed by atoms with E-state index in [9.17, 15) is 4.79 Å². The lowest BCUT2D eigenvalue weighted by molar-refractivity contribution is 0.0931. The van der Waals surface area contributed by atoms with E-state index in [2.05, 4.69) is 37.5 Å². The minimum atomic E-state index is -0.157. The first-order valence-corrected chi connectivity index (χ1v) is 11.7. The van der Waals surface area contributed by atoms with E-state index in [-0.39, 0.29) is 11.9 Å². The van der Waals surface area contributed by atoms with Crippen LogP contribution in [0.15, 0.2) is 24.5 Å². The molecule has 6 rings (SSSR count). The monoisotopic (exact) mass is 447 g/mol. The van der Waals surface area contributed by atoms with Gasteiger partial charge in [0.25, 0.3) is 5.91 Å². The highest BCUT2D eigenvalue weighted by atomic mass is 16.5. The lowest BCUT2D eigenvalue weighted by Crippen LogP contribution is -2.27. The number of methoxy groups -OCH3 is 1. The van der Waals surface area contributed by atoms with Crippen LogP contribution in [0.4, 0.5) is 5.82 Å². The number of hydrogen-bond acceptors (Lipinski definition) is 6. The number of amides is 1. The second-order valence-electron chi connectivity index (χ2n) is 9.57. The van der Waals surface area contributed by atoms with Gasteiger partial charge in [0.05, 0.1) is 36.1 Å². The molecule has 3 aromatic heterocycles. The number of aromatic nitrogens is 5. The topological polar surface area (TPSA) is 101 Å². The predicted octanol–water partition coefficient (Wildman–Crippen LogP) is 2.15. The third kappa shape index (κ3) is 3.80. The van der Waals surface area contributed by atoms with Crippen LogP contribution in [0.2, 0.25) is 0 Å². The Morgan fingerprint density at radius 1 is 1.30 bits per heavy atom. The number of hydrogen-bond donors (Lipinski definition) is 2. The van der Waals surface area contributed by atoms with Crippen molar-refractivity contribution in [2.24, 2.45) is 18.9 Å². The van der Waals surface area contributed by atoms with E-state index in [0.717, 1.165) is 66.2 Å². The van der Waals surface area contributed by atoms with Gasteiger partial charge in [-0.3, -0.25) is 9.89 Å². The van der Waals surface area contributed by atoms with Crippen molar-refractivity contribution in [1.82, 2.24) is 30.0 Å². The average molecular weight is 448 g/mol. The first-order valence-electron chi connectivity index (χ1n) is 11.7. The van der Waals surface area contributed by atoms with E-state index in [1.165, 1.54) is 12.1 Å². The first-order chi connectivity index (χ1) is 16.1. The third-order valence-corrected chi connectivity index (χ3v) is 7.28. The fourth-order valence-electron chi connectivity index (χ4n) is 5.33. The molecule has 3 atom stereocenters. The number of piperidine rings is 1. The van der Waals surface area contributed by atoms with Crippen LogP contribution in [0.3, 0.4) is 0 Å². The van der Waals surface area contributed by atoms with Crippen LogP contribution >= 0.6 is 0 Å². The minimum Gasteiger partial charge on any atom is -0.378 e. The molecule has 33 heavy (non-hydrogen) atoms. The van der Waals surface area contributed by atoms with Crippen molar-refractivity contribution in [3.8, 4) is 0 Å². The largest absolute Gasteiger partial charge is 0.378 e. The molecule has 1 saturated carbocycles. The van der Waals surface area contributed by atoms with Crippen molar-refractivity contribution < 1.29 is 9.53 Å². The number of rotatable bonds is 7. The van der Waals surface area contributed by atoms with Gasteiger partial charge in [-0.2, -0.15) is 5.10 Å². The number of aromatic amines is 1. The molecule has 4 heterocycles.